The van der Waals surface area contributed by atoms with E-state index in [1.165, 1.54) is 69.3 Å². The number of rotatable bonds is 1. The molecule has 1 N–H and O–H groups in total. The summed E-state index contributed by atoms with van der Waals surface area (Å²) in [5, 5.41) is 5.05. The van der Waals surface area contributed by atoms with Crippen LogP contribution in [-0.2, 0) is 9.47 Å². The molecule has 2 aliphatic heterocycles. The highest BCUT2D eigenvalue weighted by molar-refractivity contribution is 9.11. The number of hydrogen-bond acceptors (Lipinski definition) is 2. The van der Waals surface area contributed by atoms with Crippen LogP contribution in [0.2, 0.25) is 0 Å². The molecule has 42 heavy (non-hydrogen) atoms. The Morgan fingerprint density at radius 3 is 1.60 bits per heavy atom. The second-order valence-electron chi connectivity index (χ2n) is 10.4. The highest BCUT2D eigenvalue weighted by Crippen LogP contribution is 2.37. The largest absolute Gasteiger partial charge is 0.502 e. The van der Waals surface area contributed by atoms with Crippen molar-refractivity contribution < 1.29 is 9.47 Å². The normalized spacial score (nSPS) is 16.6. The predicted molar refractivity (Wildman–Crippen MR) is 189 cm³/mol. The zero-order valence-electron chi connectivity index (χ0n) is 22.9. The quantitative estimate of drug-likeness (QED) is 0.180. The van der Waals surface area contributed by atoms with E-state index in [9.17, 15) is 0 Å². The number of fused-ring (bicyclic) bond motifs is 6. The minimum absolute atomic E-state index is 0.154. The molecular formula is C34H30Br4N2O2. The number of nitrogens with one attached hydrogen (secondary N) is 1. The third-order valence-electron chi connectivity index (χ3n) is 7.52. The van der Waals surface area contributed by atoms with Crippen LogP contribution in [0.25, 0.3) is 43.6 Å². The van der Waals surface area contributed by atoms with Crippen molar-refractivity contribution in [2.75, 3.05) is 13.2 Å². The van der Waals surface area contributed by atoms with Gasteiger partial charge >= 0.3 is 0 Å². The van der Waals surface area contributed by atoms with Crippen LogP contribution in [0.5, 0.6) is 0 Å². The van der Waals surface area contributed by atoms with E-state index in [0.717, 1.165) is 37.5 Å². The van der Waals surface area contributed by atoms with E-state index in [0.29, 0.717) is 0 Å². The highest BCUT2D eigenvalue weighted by atomic mass is 79.9. The summed E-state index contributed by atoms with van der Waals surface area (Å²) in [6, 6.07) is 25.5. The zero-order chi connectivity index (χ0) is 29.1. The first-order valence-electron chi connectivity index (χ1n) is 14.1. The highest BCUT2D eigenvalue weighted by Gasteiger charge is 2.21. The fourth-order valence-corrected chi connectivity index (χ4v) is 7.01. The smallest absolute Gasteiger partial charge is 0.134 e. The number of ether oxygens (including phenoxy) is 2. The third kappa shape index (κ3) is 6.68. The predicted octanol–water partition coefficient (Wildman–Crippen LogP) is 12.2. The number of aromatic amines is 1. The lowest BCUT2D eigenvalue weighted by atomic mass is 10.2. The first-order chi connectivity index (χ1) is 20.5. The summed E-state index contributed by atoms with van der Waals surface area (Å²) in [6.45, 7) is 1.77. The number of hydrogen-bond donors (Lipinski definition) is 1. The van der Waals surface area contributed by atoms with E-state index >= 15 is 0 Å². The molecule has 0 saturated carbocycles. The van der Waals surface area contributed by atoms with E-state index < -0.39 is 0 Å². The average Bonchev–Trinajstić information content (AvgIpc) is 3.53. The van der Waals surface area contributed by atoms with Gasteiger partial charge in [0.25, 0.3) is 0 Å². The number of H-pyrrole nitrogens is 1. The molecule has 4 nitrogen and oxygen atoms in total. The molecule has 2 aliphatic rings. The number of nitrogens with zero attached hydrogens (tertiary/aromatic N) is 1. The summed E-state index contributed by atoms with van der Waals surface area (Å²) in [5.74, 6) is 0. The lowest BCUT2D eigenvalue weighted by Gasteiger charge is -2.25. The Bertz CT molecular complexity index is 1760. The molecule has 0 bridgehead atoms. The van der Waals surface area contributed by atoms with E-state index in [1.807, 2.05) is 18.2 Å². The van der Waals surface area contributed by atoms with Gasteiger partial charge in [-0.1, -0.05) is 63.7 Å². The molecule has 4 heterocycles. The Morgan fingerprint density at radius 2 is 1.17 bits per heavy atom. The van der Waals surface area contributed by atoms with E-state index in [4.69, 9.17) is 9.47 Å². The van der Waals surface area contributed by atoms with Crippen molar-refractivity contribution in [1.29, 1.82) is 0 Å². The van der Waals surface area contributed by atoms with Crippen molar-refractivity contribution in [3.05, 3.63) is 103 Å². The Balaban J connectivity index is 0.000000130. The SMILES string of the molecule is Brc1ccc2[nH]c3ccc(Br)cc3c2c1.Brc1ccc2c(c1)c1cc(Br)ccc1n2C1CCCCO1.C1=COCCC1. The van der Waals surface area contributed by atoms with Gasteiger partial charge in [-0.2, -0.15) is 0 Å². The summed E-state index contributed by atoms with van der Waals surface area (Å²) >= 11 is 14.2. The maximum Gasteiger partial charge on any atom is 0.134 e. The fourth-order valence-electron chi connectivity index (χ4n) is 5.57. The molecule has 4 aromatic carbocycles. The van der Waals surface area contributed by atoms with Gasteiger partial charge in [0.05, 0.1) is 23.9 Å². The Labute approximate surface area is 279 Å². The van der Waals surface area contributed by atoms with Crippen molar-refractivity contribution in [2.24, 2.45) is 0 Å². The van der Waals surface area contributed by atoms with Crippen LogP contribution in [0, 0.1) is 0 Å². The van der Waals surface area contributed by atoms with Crippen LogP contribution >= 0.6 is 63.7 Å². The average molecular weight is 818 g/mol. The Hall–Kier alpha value is -2.10. The van der Waals surface area contributed by atoms with Gasteiger partial charge in [0.1, 0.15) is 6.23 Å². The lowest BCUT2D eigenvalue weighted by Crippen LogP contribution is -2.17. The van der Waals surface area contributed by atoms with Crippen LogP contribution in [0.4, 0.5) is 0 Å². The maximum absolute atomic E-state index is 6.04. The van der Waals surface area contributed by atoms with Crippen molar-refractivity contribution in [1.82, 2.24) is 9.55 Å². The number of benzene rings is 4. The van der Waals surface area contributed by atoms with Crippen LogP contribution in [0.3, 0.4) is 0 Å². The number of allylic oxidation sites excluding steroid dienone is 1. The van der Waals surface area contributed by atoms with Crippen molar-refractivity contribution in [2.45, 2.75) is 38.3 Å². The van der Waals surface area contributed by atoms with Crippen molar-refractivity contribution in [3.8, 4) is 0 Å². The van der Waals surface area contributed by atoms with Crippen LogP contribution in [0.1, 0.15) is 38.3 Å². The number of aromatic nitrogens is 2. The standard InChI is InChI=1S/C17H15Br2NO.C12H7Br2N.C5H8O/c18-11-4-6-15-13(9-11)14-10-12(19)5-7-16(14)20(15)17-3-1-2-8-21-17;13-7-1-3-11-9(5-7)10-6-8(14)2-4-12(10)15-11;1-2-4-6-5-3-1/h4-7,9-10,17H,1-3,8H2;1-6,15H;2,4H,1,3,5H2. The second kappa shape index (κ2) is 13.7. The summed E-state index contributed by atoms with van der Waals surface area (Å²) in [4.78, 5) is 3.39. The minimum atomic E-state index is 0.154. The maximum atomic E-state index is 6.04. The van der Waals surface area contributed by atoms with E-state index in [1.54, 1.807) is 6.26 Å². The molecule has 6 aromatic rings. The van der Waals surface area contributed by atoms with Gasteiger partial charge in [-0.15, -0.1) is 0 Å². The van der Waals surface area contributed by atoms with Gasteiger partial charge in [-0.25, -0.2) is 0 Å². The first-order valence-corrected chi connectivity index (χ1v) is 17.3. The van der Waals surface area contributed by atoms with Crippen molar-refractivity contribution in [3.63, 3.8) is 0 Å². The molecule has 2 aromatic heterocycles. The molecule has 1 atom stereocenters. The van der Waals surface area contributed by atoms with Gasteiger partial charge in [-0.05, 0) is 111 Å². The Kier molecular flexibility index (Phi) is 9.76. The fraction of sp³-hybridized carbons (Fsp3) is 0.235. The van der Waals surface area contributed by atoms with Gasteiger partial charge < -0.3 is 19.0 Å². The van der Waals surface area contributed by atoms with Crippen LogP contribution < -0.4 is 0 Å². The Morgan fingerprint density at radius 1 is 0.619 bits per heavy atom. The van der Waals surface area contributed by atoms with E-state index in [2.05, 4.69) is 134 Å². The molecule has 0 radical (unpaired) electrons. The van der Waals surface area contributed by atoms with Gasteiger partial charge in [0, 0.05) is 57.1 Å². The molecule has 1 unspecified atom stereocenters. The molecule has 216 valence electrons. The third-order valence-corrected chi connectivity index (χ3v) is 9.49. The molecule has 0 aliphatic carbocycles. The molecular weight excluding hydrogens is 788 g/mol. The minimum Gasteiger partial charge on any atom is -0.502 e. The van der Waals surface area contributed by atoms with Gasteiger partial charge in [0.2, 0.25) is 0 Å². The van der Waals surface area contributed by atoms with Crippen LogP contribution in [0.15, 0.2) is 103 Å². The van der Waals surface area contributed by atoms with Gasteiger partial charge in [0.15, 0.2) is 0 Å². The molecule has 1 saturated heterocycles. The monoisotopic (exact) mass is 814 g/mol. The number of halogens is 4. The summed E-state index contributed by atoms with van der Waals surface area (Å²) in [6.07, 6.45) is 9.85. The topological polar surface area (TPSA) is 39.2 Å². The zero-order valence-corrected chi connectivity index (χ0v) is 29.2. The lowest BCUT2D eigenvalue weighted by molar-refractivity contribution is -0.0267. The molecule has 0 spiro atoms. The molecule has 1 fully saturated rings. The summed E-state index contributed by atoms with van der Waals surface area (Å²) in [7, 11) is 0. The summed E-state index contributed by atoms with van der Waals surface area (Å²) in [5.41, 5.74) is 4.84. The molecule has 0 amide bonds. The second-order valence-corrected chi connectivity index (χ2v) is 14.1. The first kappa shape index (κ1) is 29.9. The van der Waals surface area contributed by atoms with E-state index in [-0.39, 0.29) is 6.23 Å². The molecule has 8 heteroatoms. The van der Waals surface area contributed by atoms with Crippen LogP contribution in [-0.4, -0.2) is 22.8 Å². The molecule has 8 rings (SSSR count). The summed E-state index contributed by atoms with van der Waals surface area (Å²) < 4.78 is 17.7. The van der Waals surface area contributed by atoms with Crippen molar-refractivity contribution >= 4 is 107 Å². The van der Waals surface area contributed by atoms with Gasteiger partial charge in [-0.3, -0.25) is 0 Å².